The number of piperidine rings is 2. The molecule has 2 bridgehead atoms. The molecule has 174 valence electrons. The molecular weight excluding hydrogens is 412 g/mol. The average molecular weight is 447 g/mol. The second-order valence-electron chi connectivity index (χ2n) is 10.5. The SMILES string of the molecule is CC1CCC(Oc2ccc3ccc(CN4C5CCCC4CC(C(=O)O)C5)cc3c2C#N)CC1. The predicted molar refractivity (Wildman–Crippen MR) is 128 cm³/mol. The first-order valence-electron chi connectivity index (χ1n) is 12.6. The van der Waals surface area contributed by atoms with E-state index in [0.717, 1.165) is 61.8 Å². The van der Waals surface area contributed by atoms with Gasteiger partial charge in [0.2, 0.25) is 0 Å². The largest absolute Gasteiger partial charge is 0.489 e. The zero-order valence-corrected chi connectivity index (χ0v) is 19.5. The van der Waals surface area contributed by atoms with Crippen LogP contribution >= 0.6 is 0 Å². The monoisotopic (exact) mass is 446 g/mol. The van der Waals surface area contributed by atoms with Gasteiger partial charge in [0.15, 0.2) is 0 Å². The number of rotatable bonds is 5. The third-order valence-electron chi connectivity index (χ3n) is 8.26. The molecule has 0 amide bonds. The number of fused-ring (bicyclic) bond motifs is 3. The van der Waals surface area contributed by atoms with Crippen LogP contribution < -0.4 is 4.74 Å². The second kappa shape index (κ2) is 9.35. The van der Waals surface area contributed by atoms with E-state index in [1.807, 2.05) is 6.07 Å². The molecule has 5 heteroatoms. The molecule has 3 aliphatic rings. The fourth-order valence-electron chi connectivity index (χ4n) is 6.33. The van der Waals surface area contributed by atoms with E-state index in [-0.39, 0.29) is 12.0 Å². The van der Waals surface area contributed by atoms with Crippen molar-refractivity contribution in [1.29, 1.82) is 5.26 Å². The molecule has 33 heavy (non-hydrogen) atoms. The van der Waals surface area contributed by atoms with Gasteiger partial charge in [-0.1, -0.05) is 31.5 Å². The van der Waals surface area contributed by atoms with Crippen LogP contribution in [0.25, 0.3) is 10.8 Å². The number of benzene rings is 2. The molecule has 5 rings (SSSR count). The van der Waals surface area contributed by atoms with Crippen molar-refractivity contribution in [2.75, 3.05) is 0 Å². The summed E-state index contributed by atoms with van der Waals surface area (Å²) in [7, 11) is 0. The van der Waals surface area contributed by atoms with E-state index in [4.69, 9.17) is 4.74 Å². The maximum atomic E-state index is 11.6. The van der Waals surface area contributed by atoms with E-state index in [2.05, 4.69) is 42.2 Å². The van der Waals surface area contributed by atoms with Crippen molar-refractivity contribution in [1.82, 2.24) is 4.90 Å². The van der Waals surface area contributed by atoms with E-state index in [9.17, 15) is 15.2 Å². The van der Waals surface area contributed by atoms with Crippen LogP contribution in [0.3, 0.4) is 0 Å². The Bertz CT molecular complexity index is 1050. The van der Waals surface area contributed by atoms with E-state index >= 15 is 0 Å². The Hall–Kier alpha value is -2.58. The number of hydrogen-bond acceptors (Lipinski definition) is 4. The Labute approximate surface area is 196 Å². The number of carbonyl (C=O) groups is 1. The summed E-state index contributed by atoms with van der Waals surface area (Å²) in [6.45, 7) is 3.11. The van der Waals surface area contributed by atoms with E-state index in [1.165, 1.54) is 24.8 Å². The van der Waals surface area contributed by atoms with Crippen molar-refractivity contribution in [3.8, 4) is 11.8 Å². The third-order valence-corrected chi connectivity index (χ3v) is 8.26. The molecule has 2 unspecified atom stereocenters. The molecule has 0 radical (unpaired) electrons. The van der Waals surface area contributed by atoms with E-state index in [0.29, 0.717) is 23.4 Å². The van der Waals surface area contributed by atoms with Crippen LogP contribution in [-0.4, -0.2) is 34.2 Å². The van der Waals surface area contributed by atoms with Gasteiger partial charge in [-0.15, -0.1) is 0 Å². The minimum Gasteiger partial charge on any atom is -0.489 e. The molecule has 2 heterocycles. The summed E-state index contributed by atoms with van der Waals surface area (Å²) < 4.78 is 6.33. The maximum absolute atomic E-state index is 11.6. The van der Waals surface area contributed by atoms with Gasteiger partial charge in [0, 0.05) is 24.0 Å². The lowest BCUT2D eigenvalue weighted by atomic mass is 9.78. The van der Waals surface area contributed by atoms with Gasteiger partial charge < -0.3 is 9.84 Å². The Morgan fingerprint density at radius 3 is 2.45 bits per heavy atom. The first-order chi connectivity index (χ1) is 16.0. The van der Waals surface area contributed by atoms with Crippen molar-refractivity contribution in [3.05, 3.63) is 41.5 Å². The van der Waals surface area contributed by atoms with Crippen molar-refractivity contribution in [2.45, 2.75) is 89.4 Å². The molecule has 1 saturated carbocycles. The molecule has 2 saturated heterocycles. The molecule has 2 atom stereocenters. The molecule has 2 aliphatic heterocycles. The predicted octanol–water partition coefficient (Wildman–Crippen LogP) is 5.89. The van der Waals surface area contributed by atoms with Gasteiger partial charge in [-0.25, -0.2) is 0 Å². The van der Waals surface area contributed by atoms with Crippen LogP contribution in [0, 0.1) is 23.2 Å². The maximum Gasteiger partial charge on any atom is 0.306 e. The minimum atomic E-state index is -0.643. The summed E-state index contributed by atoms with van der Waals surface area (Å²) in [5.74, 6) is 0.622. The van der Waals surface area contributed by atoms with E-state index in [1.54, 1.807) is 0 Å². The van der Waals surface area contributed by atoms with Crippen LogP contribution in [0.5, 0.6) is 5.75 Å². The van der Waals surface area contributed by atoms with E-state index < -0.39 is 5.97 Å². The Kier molecular flexibility index (Phi) is 6.29. The lowest BCUT2D eigenvalue weighted by molar-refractivity contribution is -0.146. The highest BCUT2D eigenvalue weighted by Gasteiger charge is 2.40. The number of ether oxygens (including phenoxy) is 1. The fourth-order valence-corrected chi connectivity index (χ4v) is 6.33. The molecule has 1 N–H and O–H groups in total. The molecule has 1 aliphatic carbocycles. The summed E-state index contributed by atoms with van der Waals surface area (Å²) in [6, 6.07) is 13.5. The standard InChI is InChI=1S/C28H34N2O3/c1-18-5-10-24(11-6-18)33-27-12-9-20-8-7-19(13-25(20)26(27)16-29)17-30-22-3-2-4-23(30)15-21(14-22)28(31)32/h7-9,12-13,18,21-24H,2-6,10-11,14-15,17H2,1H3,(H,31,32). The fraction of sp³-hybridized carbons (Fsp3) is 0.571. The van der Waals surface area contributed by atoms with Crippen LogP contribution in [0.2, 0.25) is 0 Å². The van der Waals surface area contributed by atoms with Crippen LogP contribution in [-0.2, 0) is 11.3 Å². The molecule has 2 aromatic rings. The third kappa shape index (κ3) is 4.59. The highest BCUT2D eigenvalue weighted by Crippen LogP contribution is 2.39. The normalized spacial score (nSPS) is 30.0. The number of nitrogens with zero attached hydrogens (tertiary/aromatic N) is 2. The van der Waals surface area contributed by atoms with Crippen LogP contribution in [0.4, 0.5) is 0 Å². The van der Waals surface area contributed by atoms with Gasteiger partial charge in [0.25, 0.3) is 0 Å². The summed E-state index contributed by atoms with van der Waals surface area (Å²) >= 11 is 0. The number of hydrogen-bond donors (Lipinski definition) is 1. The van der Waals surface area contributed by atoms with Crippen LogP contribution in [0.1, 0.15) is 75.8 Å². The van der Waals surface area contributed by atoms with Crippen molar-refractivity contribution < 1.29 is 14.6 Å². The smallest absolute Gasteiger partial charge is 0.306 e. The molecule has 5 nitrogen and oxygen atoms in total. The van der Waals surface area contributed by atoms with Gasteiger partial charge in [-0.3, -0.25) is 9.69 Å². The molecule has 0 spiro atoms. The van der Waals surface area contributed by atoms with Gasteiger partial charge in [0.05, 0.1) is 12.0 Å². The number of aliphatic carboxylic acids is 1. The number of carboxylic acid groups (broad SMARTS) is 1. The lowest BCUT2D eigenvalue weighted by Crippen LogP contribution is -2.52. The van der Waals surface area contributed by atoms with Gasteiger partial charge in [-0.2, -0.15) is 5.26 Å². The van der Waals surface area contributed by atoms with Crippen molar-refractivity contribution >= 4 is 16.7 Å². The number of nitriles is 1. The molecule has 2 aromatic carbocycles. The average Bonchev–Trinajstić information content (AvgIpc) is 2.80. The van der Waals surface area contributed by atoms with Crippen molar-refractivity contribution in [3.63, 3.8) is 0 Å². The lowest BCUT2D eigenvalue weighted by Gasteiger charge is -2.48. The Balaban J connectivity index is 1.38. The summed E-state index contributed by atoms with van der Waals surface area (Å²) in [4.78, 5) is 14.1. The van der Waals surface area contributed by atoms with Crippen molar-refractivity contribution in [2.24, 2.45) is 11.8 Å². The Morgan fingerprint density at radius 1 is 1.09 bits per heavy atom. The first-order valence-corrected chi connectivity index (χ1v) is 12.6. The number of carboxylic acids is 1. The summed E-state index contributed by atoms with van der Waals surface area (Å²) in [5.41, 5.74) is 1.83. The minimum absolute atomic E-state index is 0.198. The van der Waals surface area contributed by atoms with Crippen LogP contribution in [0.15, 0.2) is 30.3 Å². The Morgan fingerprint density at radius 2 is 1.79 bits per heavy atom. The topological polar surface area (TPSA) is 73.6 Å². The summed E-state index contributed by atoms with van der Waals surface area (Å²) in [6.07, 6.45) is 9.53. The highest BCUT2D eigenvalue weighted by molar-refractivity contribution is 5.90. The molecule has 0 aromatic heterocycles. The first kappa shape index (κ1) is 22.2. The molecular formula is C28H34N2O3. The van der Waals surface area contributed by atoms with Gasteiger partial charge >= 0.3 is 5.97 Å². The molecule has 3 fully saturated rings. The quantitative estimate of drug-likeness (QED) is 0.620. The van der Waals surface area contributed by atoms with Gasteiger partial charge in [-0.05, 0) is 80.4 Å². The summed E-state index contributed by atoms with van der Waals surface area (Å²) in [5, 5.41) is 21.6. The second-order valence-corrected chi connectivity index (χ2v) is 10.5. The highest BCUT2D eigenvalue weighted by atomic mass is 16.5. The zero-order valence-electron chi connectivity index (χ0n) is 19.5. The zero-order chi connectivity index (χ0) is 22.9. The van der Waals surface area contributed by atoms with Gasteiger partial charge in [0.1, 0.15) is 17.4 Å².